The predicted octanol–water partition coefficient (Wildman–Crippen LogP) is 2.84. The Labute approximate surface area is 122 Å². The van der Waals surface area contributed by atoms with E-state index in [9.17, 15) is 14.7 Å². The molecule has 0 aliphatic carbocycles. The van der Waals surface area contributed by atoms with Gasteiger partial charge >= 0.3 is 5.97 Å². The summed E-state index contributed by atoms with van der Waals surface area (Å²) in [4.78, 5) is 23.1. The molecule has 0 aliphatic rings. The first kappa shape index (κ1) is 14.8. The standard InChI is InChI=1S/C16H17NO4/c1-9(10(2)16(20)21)15(19)17-13-7-3-6-12-11(13)5-4-8-14(12)18/h3-10,18H,1-2H3,(H,17,19)(H,20,21). The summed E-state index contributed by atoms with van der Waals surface area (Å²) in [5.74, 6) is -2.66. The normalized spacial score (nSPS) is 13.6. The molecule has 5 heteroatoms. The minimum absolute atomic E-state index is 0.135. The molecular weight excluding hydrogens is 270 g/mol. The van der Waals surface area contributed by atoms with E-state index in [-0.39, 0.29) is 11.7 Å². The molecule has 0 aliphatic heterocycles. The van der Waals surface area contributed by atoms with Crippen molar-refractivity contribution in [3.05, 3.63) is 36.4 Å². The minimum atomic E-state index is -1.01. The highest BCUT2D eigenvalue weighted by Gasteiger charge is 2.26. The van der Waals surface area contributed by atoms with Crippen molar-refractivity contribution in [3.8, 4) is 5.75 Å². The molecule has 1 amide bonds. The topological polar surface area (TPSA) is 86.6 Å². The van der Waals surface area contributed by atoms with Gasteiger partial charge in [-0.3, -0.25) is 9.59 Å². The van der Waals surface area contributed by atoms with Gasteiger partial charge in [0.25, 0.3) is 0 Å². The first-order chi connectivity index (χ1) is 9.91. The molecule has 0 heterocycles. The van der Waals surface area contributed by atoms with Crippen LogP contribution in [-0.2, 0) is 9.59 Å². The van der Waals surface area contributed by atoms with Crippen LogP contribution in [-0.4, -0.2) is 22.1 Å². The maximum Gasteiger partial charge on any atom is 0.307 e. The summed E-state index contributed by atoms with van der Waals surface area (Å²) < 4.78 is 0. The molecule has 0 saturated heterocycles. The molecule has 3 N–H and O–H groups in total. The average Bonchev–Trinajstić information content (AvgIpc) is 2.46. The third kappa shape index (κ3) is 2.97. The lowest BCUT2D eigenvalue weighted by Crippen LogP contribution is -2.30. The number of aromatic hydroxyl groups is 1. The summed E-state index contributed by atoms with van der Waals surface area (Å²) in [5, 5.41) is 22.8. The molecule has 2 aromatic carbocycles. The molecule has 2 aromatic rings. The van der Waals surface area contributed by atoms with E-state index in [1.54, 1.807) is 43.3 Å². The van der Waals surface area contributed by atoms with E-state index < -0.39 is 17.8 Å². The number of hydrogen-bond donors (Lipinski definition) is 3. The van der Waals surface area contributed by atoms with Crippen molar-refractivity contribution in [2.24, 2.45) is 11.8 Å². The largest absolute Gasteiger partial charge is 0.507 e. The second-order valence-corrected chi connectivity index (χ2v) is 5.08. The number of carbonyl (C=O) groups is 2. The minimum Gasteiger partial charge on any atom is -0.507 e. The van der Waals surface area contributed by atoms with Crippen molar-refractivity contribution in [1.82, 2.24) is 0 Å². The van der Waals surface area contributed by atoms with E-state index in [1.807, 2.05) is 0 Å². The van der Waals surface area contributed by atoms with Gasteiger partial charge in [-0.1, -0.05) is 38.1 Å². The van der Waals surface area contributed by atoms with Crippen LogP contribution in [0.3, 0.4) is 0 Å². The van der Waals surface area contributed by atoms with Crippen LogP contribution in [0, 0.1) is 11.8 Å². The number of carboxylic acid groups (broad SMARTS) is 1. The maximum atomic E-state index is 12.2. The van der Waals surface area contributed by atoms with Crippen LogP contribution in [0.2, 0.25) is 0 Å². The van der Waals surface area contributed by atoms with Gasteiger partial charge in [0.2, 0.25) is 5.91 Å². The summed E-state index contributed by atoms with van der Waals surface area (Å²) >= 11 is 0. The number of fused-ring (bicyclic) bond motifs is 1. The van der Waals surface area contributed by atoms with Gasteiger partial charge in [-0.05, 0) is 12.1 Å². The fourth-order valence-corrected chi connectivity index (χ4v) is 2.09. The molecule has 0 aromatic heterocycles. The number of phenols is 1. The Morgan fingerprint density at radius 1 is 1.00 bits per heavy atom. The van der Waals surface area contributed by atoms with Gasteiger partial charge < -0.3 is 15.5 Å². The SMILES string of the molecule is CC(C(=O)O)C(C)C(=O)Nc1cccc2c(O)cccc12. The first-order valence-electron chi connectivity index (χ1n) is 6.66. The molecule has 2 atom stereocenters. The fourth-order valence-electron chi connectivity index (χ4n) is 2.09. The van der Waals surface area contributed by atoms with Gasteiger partial charge in [-0.2, -0.15) is 0 Å². The van der Waals surface area contributed by atoms with Crippen LogP contribution < -0.4 is 5.32 Å². The maximum absolute atomic E-state index is 12.2. The van der Waals surface area contributed by atoms with Crippen molar-refractivity contribution < 1.29 is 19.8 Å². The van der Waals surface area contributed by atoms with Crippen molar-refractivity contribution in [2.45, 2.75) is 13.8 Å². The Balaban J connectivity index is 2.30. The molecule has 0 saturated carbocycles. The Morgan fingerprint density at radius 2 is 1.62 bits per heavy atom. The van der Waals surface area contributed by atoms with Gasteiger partial charge in [0.1, 0.15) is 5.75 Å². The number of phenolic OH excluding ortho intramolecular Hbond substituents is 1. The van der Waals surface area contributed by atoms with Crippen molar-refractivity contribution in [3.63, 3.8) is 0 Å². The van der Waals surface area contributed by atoms with Crippen LogP contribution in [0.4, 0.5) is 5.69 Å². The van der Waals surface area contributed by atoms with E-state index in [4.69, 9.17) is 5.11 Å². The molecule has 110 valence electrons. The van der Waals surface area contributed by atoms with Crippen molar-refractivity contribution >= 4 is 28.3 Å². The van der Waals surface area contributed by atoms with Gasteiger partial charge in [-0.15, -0.1) is 0 Å². The first-order valence-corrected chi connectivity index (χ1v) is 6.66. The monoisotopic (exact) mass is 287 g/mol. The second-order valence-electron chi connectivity index (χ2n) is 5.08. The van der Waals surface area contributed by atoms with E-state index in [0.29, 0.717) is 16.5 Å². The highest BCUT2D eigenvalue weighted by Crippen LogP contribution is 2.30. The Morgan fingerprint density at radius 3 is 2.29 bits per heavy atom. The van der Waals surface area contributed by atoms with Gasteiger partial charge in [-0.25, -0.2) is 0 Å². The fraction of sp³-hybridized carbons (Fsp3) is 0.250. The summed E-state index contributed by atoms with van der Waals surface area (Å²) in [6.45, 7) is 3.08. The van der Waals surface area contributed by atoms with Crippen molar-refractivity contribution in [1.29, 1.82) is 0 Å². The van der Waals surface area contributed by atoms with Crippen LogP contribution in [0.15, 0.2) is 36.4 Å². The van der Waals surface area contributed by atoms with Crippen LogP contribution in [0.25, 0.3) is 10.8 Å². The highest BCUT2D eigenvalue weighted by atomic mass is 16.4. The third-order valence-corrected chi connectivity index (χ3v) is 3.71. The number of hydrogen-bond acceptors (Lipinski definition) is 3. The molecule has 0 fully saturated rings. The lowest BCUT2D eigenvalue weighted by Gasteiger charge is -2.17. The highest BCUT2D eigenvalue weighted by molar-refractivity contribution is 6.05. The summed E-state index contributed by atoms with van der Waals surface area (Å²) in [7, 11) is 0. The second kappa shape index (κ2) is 5.83. The molecule has 2 unspecified atom stereocenters. The molecule has 5 nitrogen and oxygen atoms in total. The quantitative estimate of drug-likeness (QED) is 0.807. The number of benzene rings is 2. The van der Waals surface area contributed by atoms with E-state index >= 15 is 0 Å². The molecule has 21 heavy (non-hydrogen) atoms. The van der Waals surface area contributed by atoms with E-state index in [0.717, 1.165) is 0 Å². The lowest BCUT2D eigenvalue weighted by atomic mass is 9.95. The molecule has 0 bridgehead atoms. The predicted molar refractivity (Wildman–Crippen MR) is 80.2 cm³/mol. The molecule has 0 radical (unpaired) electrons. The third-order valence-electron chi connectivity index (χ3n) is 3.71. The lowest BCUT2D eigenvalue weighted by molar-refractivity contribution is -0.145. The molecular formula is C16H17NO4. The Hall–Kier alpha value is -2.56. The van der Waals surface area contributed by atoms with Crippen LogP contribution in [0.5, 0.6) is 5.75 Å². The zero-order valence-electron chi connectivity index (χ0n) is 11.8. The number of carbonyl (C=O) groups excluding carboxylic acids is 1. The summed E-state index contributed by atoms with van der Waals surface area (Å²) in [5.41, 5.74) is 0.554. The van der Waals surface area contributed by atoms with Gasteiger partial charge in [0.05, 0.1) is 5.92 Å². The van der Waals surface area contributed by atoms with Crippen LogP contribution >= 0.6 is 0 Å². The Bertz CT molecular complexity index is 696. The summed E-state index contributed by atoms with van der Waals surface area (Å²) in [6.07, 6.45) is 0. The number of aliphatic carboxylic acids is 1. The number of amides is 1. The zero-order chi connectivity index (χ0) is 15.6. The van der Waals surface area contributed by atoms with Gasteiger partial charge in [0.15, 0.2) is 0 Å². The molecule has 0 spiro atoms. The van der Waals surface area contributed by atoms with E-state index in [2.05, 4.69) is 5.32 Å². The van der Waals surface area contributed by atoms with E-state index in [1.165, 1.54) is 6.92 Å². The smallest absolute Gasteiger partial charge is 0.307 e. The number of carboxylic acids is 1. The number of anilines is 1. The Kier molecular flexibility index (Phi) is 4.12. The van der Waals surface area contributed by atoms with Crippen LogP contribution in [0.1, 0.15) is 13.8 Å². The average molecular weight is 287 g/mol. The number of nitrogens with one attached hydrogen (secondary N) is 1. The molecule has 2 rings (SSSR count). The zero-order valence-corrected chi connectivity index (χ0v) is 11.8. The summed E-state index contributed by atoms with van der Waals surface area (Å²) in [6, 6.07) is 10.3. The van der Waals surface area contributed by atoms with Crippen molar-refractivity contribution in [2.75, 3.05) is 5.32 Å². The number of rotatable bonds is 4. The van der Waals surface area contributed by atoms with Gasteiger partial charge in [0, 0.05) is 22.4 Å².